The minimum absolute atomic E-state index is 0.0219. The van der Waals surface area contributed by atoms with E-state index in [0.717, 1.165) is 16.9 Å². The molecule has 0 amide bonds. The molecule has 0 saturated carbocycles. The molecule has 0 unspecified atom stereocenters. The standard InChI is InChI=1S/C54H44BN2S2/c1-31-25-48(32-13-9-8-10-14-32)59-50-30-46-43(27-39(31)50)55-51-37(40-26-34(54(5,6)7)19-24-44(40)56-35-20-17-33(18-21-35)53(2,3)4)22-23-38-41-29-49-42(28-45(41)57(46)52(38)51)36-15-11-12-16-47(36)58-49/h8-30,56H,1H2,2-7H3. The van der Waals surface area contributed by atoms with Crippen molar-refractivity contribution in [3.8, 4) is 16.8 Å². The number of fused-ring (bicyclic) bond motifs is 9. The van der Waals surface area contributed by atoms with E-state index >= 15 is 0 Å². The van der Waals surface area contributed by atoms with Crippen molar-refractivity contribution < 1.29 is 0 Å². The van der Waals surface area contributed by atoms with Crippen LogP contribution >= 0.6 is 23.1 Å². The van der Waals surface area contributed by atoms with E-state index in [-0.39, 0.29) is 10.8 Å². The molecule has 1 radical (unpaired) electrons. The van der Waals surface area contributed by atoms with Gasteiger partial charge in [0.2, 0.25) is 0 Å². The Hall–Kier alpha value is -5.75. The fraction of sp³-hybridized carbons (Fsp3) is 0.148. The Bertz CT molecular complexity index is 3260. The minimum atomic E-state index is -0.0219. The highest BCUT2D eigenvalue weighted by Crippen LogP contribution is 2.47. The number of hydrogen-bond acceptors (Lipinski definition) is 3. The first-order chi connectivity index (χ1) is 28.4. The van der Waals surface area contributed by atoms with Crippen molar-refractivity contribution in [1.82, 2.24) is 4.57 Å². The smallest absolute Gasteiger partial charge is 0.197 e. The normalized spacial score (nSPS) is 13.8. The zero-order valence-electron chi connectivity index (χ0n) is 34.3. The van der Waals surface area contributed by atoms with Crippen LogP contribution in [0.2, 0.25) is 0 Å². The van der Waals surface area contributed by atoms with Gasteiger partial charge in [0.15, 0.2) is 7.28 Å². The SMILES string of the molecule is C=C1C=C(c2ccccc2)Sc2cc3c(cc21)[B]c1c(-c2cc(C(C)(C)C)ccc2Nc2ccc(C(C)(C)C)cc2)ccc2c4cc5sc6ccccc6c5cc4n-3c12. The van der Waals surface area contributed by atoms with Gasteiger partial charge in [0.25, 0.3) is 0 Å². The van der Waals surface area contributed by atoms with E-state index in [9.17, 15) is 0 Å². The molecule has 0 atom stereocenters. The maximum Gasteiger partial charge on any atom is 0.197 e. The molecule has 2 aliphatic heterocycles. The van der Waals surface area contributed by atoms with Crippen LogP contribution in [-0.4, -0.2) is 11.8 Å². The average Bonchev–Trinajstić information content (AvgIpc) is 3.75. The van der Waals surface area contributed by atoms with E-state index in [1.165, 1.54) is 102 Å². The molecule has 1 N–H and O–H groups in total. The zero-order valence-corrected chi connectivity index (χ0v) is 36.0. The third-order valence-electron chi connectivity index (χ3n) is 12.3. The summed E-state index contributed by atoms with van der Waals surface area (Å²) in [5, 5.41) is 9.06. The summed E-state index contributed by atoms with van der Waals surface area (Å²) in [6.07, 6.45) is 2.25. The van der Waals surface area contributed by atoms with Crippen molar-refractivity contribution in [1.29, 1.82) is 0 Å². The predicted octanol–water partition coefficient (Wildman–Crippen LogP) is 14.3. The van der Waals surface area contributed by atoms with Crippen molar-refractivity contribution in [2.45, 2.75) is 57.3 Å². The van der Waals surface area contributed by atoms with Crippen molar-refractivity contribution >= 4 is 105 Å². The molecule has 285 valence electrons. The van der Waals surface area contributed by atoms with Gasteiger partial charge in [-0.05, 0) is 104 Å². The summed E-state index contributed by atoms with van der Waals surface area (Å²) in [6, 6.07) is 49.9. The van der Waals surface area contributed by atoms with Crippen molar-refractivity contribution in [2.24, 2.45) is 0 Å². The maximum absolute atomic E-state index is 4.61. The van der Waals surface area contributed by atoms with E-state index in [4.69, 9.17) is 0 Å². The Kier molecular flexibility index (Phi) is 8.09. The van der Waals surface area contributed by atoms with Crippen LogP contribution in [0.1, 0.15) is 63.8 Å². The lowest BCUT2D eigenvalue weighted by Gasteiger charge is -2.28. The first-order valence-corrected chi connectivity index (χ1v) is 22.1. The summed E-state index contributed by atoms with van der Waals surface area (Å²) in [5.41, 5.74) is 16.9. The van der Waals surface area contributed by atoms with Gasteiger partial charge in [0.1, 0.15) is 0 Å². The van der Waals surface area contributed by atoms with E-state index in [0.29, 0.717) is 0 Å². The van der Waals surface area contributed by atoms with Gasteiger partial charge in [-0.15, -0.1) is 11.3 Å². The molecule has 11 rings (SSSR count). The quantitative estimate of drug-likeness (QED) is 0.179. The largest absolute Gasteiger partial charge is 0.355 e. The Morgan fingerprint density at radius 2 is 1.36 bits per heavy atom. The Morgan fingerprint density at radius 3 is 2.14 bits per heavy atom. The van der Waals surface area contributed by atoms with Gasteiger partial charge >= 0.3 is 0 Å². The number of benzene rings is 7. The molecule has 0 aliphatic carbocycles. The third kappa shape index (κ3) is 5.92. The monoisotopic (exact) mass is 795 g/mol. The topological polar surface area (TPSA) is 17.0 Å². The Morgan fingerprint density at radius 1 is 0.610 bits per heavy atom. The van der Waals surface area contributed by atoms with Gasteiger partial charge in [-0.2, -0.15) is 0 Å². The van der Waals surface area contributed by atoms with Gasteiger partial charge in [0.05, 0.1) is 5.52 Å². The molecule has 0 fully saturated rings. The van der Waals surface area contributed by atoms with Crippen LogP contribution in [0.25, 0.3) is 69.3 Å². The summed E-state index contributed by atoms with van der Waals surface area (Å²) in [7, 11) is 2.45. The number of hydrogen-bond donors (Lipinski definition) is 1. The summed E-state index contributed by atoms with van der Waals surface area (Å²) < 4.78 is 5.22. The van der Waals surface area contributed by atoms with E-state index < -0.39 is 0 Å². The highest BCUT2D eigenvalue weighted by molar-refractivity contribution is 8.08. The lowest BCUT2D eigenvalue weighted by molar-refractivity contribution is 0.590. The van der Waals surface area contributed by atoms with Gasteiger partial charge < -0.3 is 9.88 Å². The number of thioether (sulfide) groups is 1. The van der Waals surface area contributed by atoms with Crippen LogP contribution in [0.4, 0.5) is 11.4 Å². The molecule has 4 heterocycles. The fourth-order valence-electron chi connectivity index (χ4n) is 9.04. The zero-order chi connectivity index (χ0) is 40.4. The van der Waals surface area contributed by atoms with Crippen LogP contribution in [0, 0.1) is 0 Å². The molecule has 0 bridgehead atoms. The first-order valence-electron chi connectivity index (χ1n) is 20.5. The second-order valence-corrected chi connectivity index (χ2v) is 20.4. The van der Waals surface area contributed by atoms with E-state index in [2.05, 4.69) is 205 Å². The van der Waals surface area contributed by atoms with Crippen molar-refractivity contribution in [3.63, 3.8) is 0 Å². The fourth-order valence-corrected chi connectivity index (χ4v) is 11.3. The number of aromatic nitrogens is 1. The van der Waals surface area contributed by atoms with E-state index in [1.54, 1.807) is 0 Å². The van der Waals surface area contributed by atoms with Crippen LogP contribution in [-0.2, 0) is 10.8 Å². The molecule has 9 aromatic rings. The molecule has 0 spiro atoms. The molecule has 2 nitrogen and oxygen atoms in total. The molecule has 2 aromatic heterocycles. The van der Waals surface area contributed by atoms with Crippen LogP contribution in [0.5, 0.6) is 0 Å². The van der Waals surface area contributed by atoms with Crippen molar-refractivity contribution in [3.05, 3.63) is 168 Å². The molecule has 2 aliphatic rings. The van der Waals surface area contributed by atoms with Gasteiger partial charge in [-0.3, -0.25) is 0 Å². The molecule has 7 aromatic carbocycles. The van der Waals surface area contributed by atoms with Gasteiger partial charge in [-0.25, -0.2) is 0 Å². The second-order valence-electron chi connectivity index (χ2n) is 18.2. The number of nitrogens with zero attached hydrogens (tertiary/aromatic N) is 1. The average molecular weight is 796 g/mol. The van der Waals surface area contributed by atoms with Gasteiger partial charge in [-0.1, -0.05) is 150 Å². The Labute approximate surface area is 355 Å². The van der Waals surface area contributed by atoms with Crippen LogP contribution < -0.4 is 16.2 Å². The maximum atomic E-state index is 4.61. The molecular formula is C54H44BN2S2. The summed E-state index contributed by atoms with van der Waals surface area (Å²) in [6.45, 7) is 18.3. The molecular weight excluding hydrogens is 752 g/mol. The highest BCUT2D eigenvalue weighted by atomic mass is 32.2. The lowest BCUT2D eigenvalue weighted by atomic mass is 9.58. The summed E-state index contributed by atoms with van der Waals surface area (Å²) in [4.78, 5) is 2.47. The second kappa shape index (κ2) is 13.1. The predicted molar refractivity (Wildman–Crippen MR) is 261 cm³/mol. The van der Waals surface area contributed by atoms with E-state index in [1.807, 2.05) is 23.1 Å². The highest BCUT2D eigenvalue weighted by Gasteiger charge is 2.30. The van der Waals surface area contributed by atoms with Gasteiger partial charge in [0, 0.05) is 68.9 Å². The first kappa shape index (κ1) is 36.3. The summed E-state index contributed by atoms with van der Waals surface area (Å²) >= 11 is 3.73. The third-order valence-corrected chi connectivity index (χ3v) is 14.5. The molecule has 0 saturated heterocycles. The number of thiophene rings is 1. The number of allylic oxidation sites excluding steroid dienone is 2. The number of anilines is 2. The minimum Gasteiger partial charge on any atom is -0.355 e. The van der Waals surface area contributed by atoms with Crippen LogP contribution in [0.3, 0.4) is 0 Å². The molecule has 5 heteroatoms. The number of rotatable bonds is 4. The number of nitrogens with one attached hydrogen (secondary N) is 1. The lowest BCUT2D eigenvalue weighted by Crippen LogP contribution is -2.37. The van der Waals surface area contributed by atoms with Crippen molar-refractivity contribution in [2.75, 3.05) is 5.32 Å². The molecule has 59 heavy (non-hydrogen) atoms. The van der Waals surface area contributed by atoms with Crippen LogP contribution in [0.15, 0.2) is 151 Å². The Balaban J connectivity index is 1.16. The summed E-state index contributed by atoms with van der Waals surface area (Å²) in [5.74, 6) is 0.